The summed E-state index contributed by atoms with van der Waals surface area (Å²) in [6.07, 6.45) is 13.5. The van der Waals surface area contributed by atoms with Crippen molar-refractivity contribution in [3.8, 4) is 0 Å². The lowest BCUT2D eigenvalue weighted by Gasteiger charge is -2.40. The fraction of sp³-hybridized carbons (Fsp3) is 0.950. The molecule has 0 heterocycles. The van der Waals surface area contributed by atoms with Gasteiger partial charge in [-0.25, -0.2) is 0 Å². The lowest BCUT2D eigenvalue weighted by molar-refractivity contribution is -0.126. The third-order valence-electron chi connectivity index (χ3n) is 5.21. The average Bonchev–Trinajstić information content (AvgIpc) is 2.43. The zero-order valence-electron chi connectivity index (χ0n) is 16.2. The number of hydrogen-bond acceptors (Lipinski definition) is 2. The first-order valence-corrected chi connectivity index (χ1v) is 9.51. The second-order valence-corrected chi connectivity index (χ2v) is 8.04. The Labute approximate surface area is 139 Å². The van der Waals surface area contributed by atoms with Crippen molar-refractivity contribution in [3.05, 3.63) is 0 Å². The van der Waals surface area contributed by atoms with Crippen molar-refractivity contribution >= 4 is 5.78 Å². The van der Waals surface area contributed by atoms with E-state index in [4.69, 9.17) is 0 Å². The highest BCUT2D eigenvalue weighted by Crippen LogP contribution is 2.30. The first-order valence-electron chi connectivity index (χ1n) is 9.51. The summed E-state index contributed by atoms with van der Waals surface area (Å²) in [5.41, 5.74) is -0.455. The minimum atomic E-state index is -0.410. The maximum atomic E-state index is 12.0. The van der Waals surface area contributed by atoms with Crippen LogP contribution in [0.3, 0.4) is 0 Å². The second-order valence-electron chi connectivity index (χ2n) is 8.04. The summed E-state index contributed by atoms with van der Waals surface area (Å²) in [5, 5.41) is 3.51. The van der Waals surface area contributed by atoms with E-state index >= 15 is 0 Å². The molecule has 2 heteroatoms. The number of rotatable bonds is 13. The molecule has 132 valence electrons. The molecule has 1 N–H and O–H groups in total. The maximum absolute atomic E-state index is 12.0. The first-order chi connectivity index (χ1) is 10.3. The van der Waals surface area contributed by atoms with Crippen LogP contribution >= 0.6 is 0 Å². The molecule has 0 fully saturated rings. The van der Waals surface area contributed by atoms with Gasteiger partial charge in [0.25, 0.3) is 0 Å². The smallest absolute Gasteiger partial charge is 0.150 e. The number of carbonyl (C=O) groups is 1. The zero-order chi connectivity index (χ0) is 17.1. The fourth-order valence-electron chi connectivity index (χ4n) is 2.87. The lowest BCUT2D eigenvalue weighted by Crippen LogP contribution is -2.57. The van der Waals surface area contributed by atoms with Crippen LogP contribution in [0.15, 0.2) is 0 Å². The van der Waals surface area contributed by atoms with Crippen LogP contribution in [0.25, 0.3) is 0 Å². The van der Waals surface area contributed by atoms with Crippen molar-refractivity contribution in [3.63, 3.8) is 0 Å². The van der Waals surface area contributed by atoms with E-state index < -0.39 is 5.54 Å². The van der Waals surface area contributed by atoms with Crippen LogP contribution in [0.4, 0.5) is 0 Å². The Bertz CT molecular complexity index is 293. The average molecular weight is 312 g/mol. The van der Waals surface area contributed by atoms with E-state index in [1.165, 1.54) is 64.2 Å². The Balaban J connectivity index is 3.66. The van der Waals surface area contributed by atoms with E-state index in [1.54, 1.807) is 6.92 Å². The van der Waals surface area contributed by atoms with E-state index in [9.17, 15) is 4.79 Å². The van der Waals surface area contributed by atoms with E-state index in [-0.39, 0.29) is 11.2 Å². The molecule has 22 heavy (non-hydrogen) atoms. The van der Waals surface area contributed by atoms with Gasteiger partial charge in [0.05, 0.1) is 5.54 Å². The predicted octanol–water partition coefficient (Wildman–Crippen LogP) is 5.89. The highest BCUT2D eigenvalue weighted by Gasteiger charge is 2.40. The van der Waals surface area contributed by atoms with Crippen LogP contribution < -0.4 is 5.32 Å². The molecule has 0 spiro atoms. The third-order valence-corrected chi connectivity index (χ3v) is 5.21. The van der Waals surface area contributed by atoms with Gasteiger partial charge in [-0.1, -0.05) is 85.5 Å². The lowest BCUT2D eigenvalue weighted by atomic mass is 9.72. The van der Waals surface area contributed by atoms with Crippen molar-refractivity contribution in [1.82, 2.24) is 5.32 Å². The summed E-state index contributed by atoms with van der Waals surface area (Å²) in [6, 6.07) is 0. The SMILES string of the molecule is CCCCCCCCCCCCN[C@@](C)(C(C)=O)C(C)(C)C. The van der Waals surface area contributed by atoms with Crippen LogP contribution in [0, 0.1) is 5.41 Å². The molecule has 0 radical (unpaired) electrons. The number of ketones is 1. The molecule has 0 bridgehead atoms. The van der Waals surface area contributed by atoms with E-state index in [2.05, 4.69) is 33.0 Å². The maximum Gasteiger partial charge on any atom is 0.150 e. The van der Waals surface area contributed by atoms with Gasteiger partial charge in [0.1, 0.15) is 5.78 Å². The monoisotopic (exact) mass is 311 g/mol. The molecule has 0 saturated carbocycles. The summed E-state index contributed by atoms with van der Waals surface area (Å²) in [4.78, 5) is 12.0. The molecule has 0 rings (SSSR count). The van der Waals surface area contributed by atoms with Gasteiger partial charge in [-0.2, -0.15) is 0 Å². The largest absolute Gasteiger partial charge is 0.305 e. The van der Waals surface area contributed by atoms with Crippen LogP contribution in [0.1, 0.15) is 106 Å². The van der Waals surface area contributed by atoms with Gasteiger partial charge in [0.15, 0.2) is 0 Å². The molecular formula is C20H41NO. The second kappa shape index (κ2) is 11.2. The molecule has 0 unspecified atom stereocenters. The standard InChI is InChI=1S/C20H41NO/c1-7-8-9-10-11-12-13-14-15-16-17-21-20(6,18(2)22)19(3,4)5/h21H,7-17H2,1-6H3/t20-/m0/s1. The van der Waals surface area contributed by atoms with Gasteiger partial charge >= 0.3 is 0 Å². The van der Waals surface area contributed by atoms with Crippen molar-refractivity contribution in [2.75, 3.05) is 6.54 Å². The normalized spacial score (nSPS) is 14.8. The summed E-state index contributed by atoms with van der Waals surface area (Å²) in [6.45, 7) is 13.4. The van der Waals surface area contributed by atoms with Crippen molar-refractivity contribution in [1.29, 1.82) is 0 Å². The molecule has 0 saturated heterocycles. The molecule has 2 nitrogen and oxygen atoms in total. The number of unbranched alkanes of at least 4 members (excludes halogenated alkanes) is 9. The number of Topliss-reactive ketones (excluding diaryl/α,β-unsaturated/α-hetero) is 1. The Hall–Kier alpha value is -0.370. The van der Waals surface area contributed by atoms with Gasteiger partial charge in [0, 0.05) is 0 Å². The van der Waals surface area contributed by atoms with Crippen LogP contribution in [0.5, 0.6) is 0 Å². The van der Waals surface area contributed by atoms with E-state index in [1.807, 2.05) is 6.92 Å². The molecule has 0 aliphatic heterocycles. The minimum Gasteiger partial charge on any atom is -0.305 e. The molecule has 1 atom stereocenters. The van der Waals surface area contributed by atoms with Gasteiger partial charge in [-0.3, -0.25) is 4.79 Å². The summed E-state index contributed by atoms with van der Waals surface area (Å²) >= 11 is 0. The first kappa shape index (κ1) is 21.6. The number of hydrogen-bond donors (Lipinski definition) is 1. The van der Waals surface area contributed by atoms with Gasteiger partial charge in [-0.15, -0.1) is 0 Å². The molecule has 0 aromatic carbocycles. The van der Waals surface area contributed by atoms with Crippen molar-refractivity contribution in [2.24, 2.45) is 5.41 Å². The van der Waals surface area contributed by atoms with Gasteiger partial charge < -0.3 is 5.32 Å². The molecule has 0 aliphatic carbocycles. The van der Waals surface area contributed by atoms with E-state index in [0.29, 0.717) is 0 Å². The quantitative estimate of drug-likeness (QED) is 0.430. The summed E-state index contributed by atoms with van der Waals surface area (Å²) in [5.74, 6) is 0.243. The van der Waals surface area contributed by atoms with Crippen molar-refractivity contribution in [2.45, 2.75) is 111 Å². The van der Waals surface area contributed by atoms with Crippen LogP contribution in [-0.4, -0.2) is 17.9 Å². The van der Waals surface area contributed by atoms with Gasteiger partial charge in [-0.05, 0) is 32.2 Å². The van der Waals surface area contributed by atoms with Crippen molar-refractivity contribution < 1.29 is 4.79 Å². The molecule has 0 aromatic rings. The third kappa shape index (κ3) is 8.31. The van der Waals surface area contributed by atoms with Crippen LogP contribution in [-0.2, 0) is 4.79 Å². The number of nitrogens with one attached hydrogen (secondary N) is 1. The Kier molecular flexibility index (Phi) is 11.0. The molecule has 0 amide bonds. The number of carbonyl (C=O) groups excluding carboxylic acids is 1. The van der Waals surface area contributed by atoms with Crippen LogP contribution in [0.2, 0.25) is 0 Å². The molecule has 0 aromatic heterocycles. The predicted molar refractivity (Wildman–Crippen MR) is 98.4 cm³/mol. The summed E-state index contributed by atoms with van der Waals surface area (Å²) < 4.78 is 0. The Morgan fingerprint density at radius 1 is 0.773 bits per heavy atom. The Morgan fingerprint density at radius 3 is 1.55 bits per heavy atom. The minimum absolute atomic E-state index is 0.0443. The highest BCUT2D eigenvalue weighted by atomic mass is 16.1. The molecule has 0 aliphatic rings. The molecular weight excluding hydrogens is 270 g/mol. The zero-order valence-corrected chi connectivity index (χ0v) is 16.2. The fourth-order valence-corrected chi connectivity index (χ4v) is 2.87. The van der Waals surface area contributed by atoms with Gasteiger partial charge in [0.2, 0.25) is 0 Å². The highest BCUT2D eigenvalue weighted by molar-refractivity contribution is 5.86. The van der Waals surface area contributed by atoms with E-state index in [0.717, 1.165) is 6.54 Å². The Morgan fingerprint density at radius 2 is 1.18 bits per heavy atom. The summed E-state index contributed by atoms with van der Waals surface area (Å²) in [7, 11) is 0. The topological polar surface area (TPSA) is 29.1 Å².